The minimum absolute atomic E-state index is 0.0852. The van der Waals surface area contributed by atoms with Crippen LogP contribution in [0.5, 0.6) is 5.75 Å². The number of hydrogen-bond acceptors (Lipinski definition) is 3. The van der Waals surface area contributed by atoms with Gasteiger partial charge in [0.05, 0.1) is 13.7 Å². The molecule has 0 aliphatic heterocycles. The van der Waals surface area contributed by atoms with E-state index in [4.69, 9.17) is 9.84 Å². The highest BCUT2D eigenvalue weighted by atomic mass is 19.3. The van der Waals surface area contributed by atoms with Crippen LogP contribution in [0.4, 0.5) is 8.78 Å². The second kappa shape index (κ2) is 7.04. The first-order chi connectivity index (χ1) is 8.98. The Morgan fingerprint density at radius 3 is 2.74 bits per heavy atom. The Morgan fingerprint density at radius 2 is 2.11 bits per heavy atom. The Labute approximate surface area is 110 Å². The van der Waals surface area contributed by atoms with Gasteiger partial charge < -0.3 is 15.2 Å². The molecule has 6 heteroatoms. The van der Waals surface area contributed by atoms with Crippen molar-refractivity contribution < 1.29 is 23.4 Å². The smallest absolute Gasteiger partial charge is 0.287 e. The molecule has 0 aliphatic rings. The number of carbonyl (C=O) groups is 1. The largest absolute Gasteiger partial charge is 0.496 e. The van der Waals surface area contributed by atoms with Gasteiger partial charge in [-0.1, -0.05) is 18.2 Å². The van der Waals surface area contributed by atoms with Crippen molar-refractivity contribution in [2.24, 2.45) is 0 Å². The van der Waals surface area contributed by atoms with Gasteiger partial charge in [0.25, 0.3) is 5.92 Å². The van der Waals surface area contributed by atoms with E-state index >= 15 is 0 Å². The van der Waals surface area contributed by atoms with E-state index in [2.05, 4.69) is 5.32 Å². The lowest BCUT2D eigenvalue weighted by Crippen LogP contribution is -2.39. The molecule has 4 nitrogen and oxygen atoms in total. The third-order valence-corrected chi connectivity index (χ3v) is 2.59. The van der Waals surface area contributed by atoms with Crippen LogP contribution < -0.4 is 10.1 Å². The molecule has 0 fully saturated rings. The van der Waals surface area contributed by atoms with Gasteiger partial charge in [-0.05, 0) is 18.1 Å². The van der Waals surface area contributed by atoms with Gasteiger partial charge in [-0.3, -0.25) is 4.79 Å². The molecule has 0 aromatic heterocycles. The zero-order valence-electron chi connectivity index (χ0n) is 10.7. The molecule has 106 valence electrons. The lowest BCUT2D eigenvalue weighted by molar-refractivity contribution is -0.124. The SMILES string of the molecule is COc1ccccc1CCC(=O)NCC(F)(F)CO. The highest BCUT2D eigenvalue weighted by Gasteiger charge is 2.27. The van der Waals surface area contributed by atoms with E-state index in [1.165, 1.54) is 7.11 Å². The van der Waals surface area contributed by atoms with E-state index in [9.17, 15) is 13.6 Å². The Kier molecular flexibility index (Phi) is 5.69. The molecular formula is C13H17F2NO3. The number of methoxy groups -OCH3 is 1. The van der Waals surface area contributed by atoms with Crippen LogP contribution in [0.2, 0.25) is 0 Å². The van der Waals surface area contributed by atoms with Gasteiger partial charge >= 0.3 is 0 Å². The zero-order chi connectivity index (χ0) is 14.3. The lowest BCUT2D eigenvalue weighted by atomic mass is 10.1. The van der Waals surface area contributed by atoms with Gasteiger partial charge in [0.15, 0.2) is 0 Å². The molecule has 1 amide bonds. The summed E-state index contributed by atoms with van der Waals surface area (Å²) < 4.78 is 30.5. The van der Waals surface area contributed by atoms with E-state index in [1.54, 1.807) is 6.07 Å². The Bertz CT molecular complexity index is 424. The number of aryl methyl sites for hydroxylation is 1. The molecule has 0 radical (unpaired) electrons. The Balaban J connectivity index is 2.42. The van der Waals surface area contributed by atoms with Crippen LogP contribution in [0, 0.1) is 0 Å². The number of amides is 1. The third-order valence-electron chi connectivity index (χ3n) is 2.59. The van der Waals surface area contributed by atoms with E-state index in [0.29, 0.717) is 12.2 Å². The predicted octanol–water partition coefficient (Wildman–Crippen LogP) is 1.37. The number of para-hydroxylation sites is 1. The lowest BCUT2D eigenvalue weighted by Gasteiger charge is -2.14. The topological polar surface area (TPSA) is 58.6 Å². The molecular weight excluding hydrogens is 256 g/mol. The fourth-order valence-electron chi connectivity index (χ4n) is 1.53. The van der Waals surface area contributed by atoms with Gasteiger partial charge in [0, 0.05) is 6.42 Å². The fourth-order valence-corrected chi connectivity index (χ4v) is 1.53. The molecule has 0 saturated heterocycles. The monoisotopic (exact) mass is 273 g/mol. The minimum Gasteiger partial charge on any atom is -0.496 e. The van der Waals surface area contributed by atoms with Gasteiger partial charge in [-0.2, -0.15) is 0 Å². The van der Waals surface area contributed by atoms with Crippen LogP contribution in [0.15, 0.2) is 24.3 Å². The van der Waals surface area contributed by atoms with Gasteiger partial charge in [0.2, 0.25) is 5.91 Å². The molecule has 1 aromatic carbocycles. The highest BCUT2D eigenvalue weighted by molar-refractivity contribution is 5.76. The van der Waals surface area contributed by atoms with Crippen LogP contribution in [0.25, 0.3) is 0 Å². The number of halogens is 2. The van der Waals surface area contributed by atoms with Crippen molar-refractivity contribution in [1.82, 2.24) is 5.32 Å². The van der Waals surface area contributed by atoms with Crippen molar-refractivity contribution in [1.29, 1.82) is 0 Å². The number of ether oxygens (including phenoxy) is 1. The van der Waals surface area contributed by atoms with Gasteiger partial charge in [-0.25, -0.2) is 8.78 Å². The molecule has 0 unspecified atom stereocenters. The van der Waals surface area contributed by atoms with Crippen molar-refractivity contribution in [3.05, 3.63) is 29.8 Å². The Hall–Kier alpha value is -1.69. The van der Waals surface area contributed by atoms with Crippen molar-refractivity contribution in [2.45, 2.75) is 18.8 Å². The first kappa shape index (κ1) is 15.4. The summed E-state index contributed by atoms with van der Waals surface area (Å²) in [5.41, 5.74) is 0.842. The summed E-state index contributed by atoms with van der Waals surface area (Å²) >= 11 is 0. The molecule has 0 atom stereocenters. The summed E-state index contributed by atoms with van der Waals surface area (Å²) in [5.74, 6) is -3.10. The highest BCUT2D eigenvalue weighted by Crippen LogP contribution is 2.18. The summed E-state index contributed by atoms with van der Waals surface area (Å²) in [6.45, 7) is -2.13. The quantitative estimate of drug-likeness (QED) is 0.789. The first-order valence-corrected chi connectivity index (χ1v) is 5.86. The number of carbonyl (C=O) groups excluding carboxylic acids is 1. The second-order valence-electron chi connectivity index (χ2n) is 4.10. The summed E-state index contributed by atoms with van der Waals surface area (Å²) in [4.78, 5) is 11.4. The summed E-state index contributed by atoms with van der Waals surface area (Å²) in [6.07, 6.45) is 0.489. The van der Waals surface area contributed by atoms with Crippen LogP contribution >= 0.6 is 0 Å². The maximum Gasteiger partial charge on any atom is 0.287 e. The third kappa shape index (κ3) is 5.21. The maximum absolute atomic E-state index is 12.7. The van der Waals surface area contributed by atoms with Crippen molar-refractivity contribution in [3.8, 4) is 5.75 Å². The molecule has 0 spiro atoms. The molecule has 2 N–H and O–H groups in total. The van der Waals surface area contributed by atoms with Crippen molar-refractivity contribution in [3.63, 3.8) is 0 Å². The number of nitrogens with one attached hydrogen (secondary N) is 1. The molecule has 0 heterocycles. The van der Waals surface area contributed by atoms with Crippen molar-refractivity contribution in [2.75, 3.05) is 20.3 Å². The van der Waals surface area contributed by atoms with Gasteiger partial charge in [0.1, 0.15) is 12.4 Å². The maximum atomic E-state index is 12.7. The molecule has 19 heavy (non-hydrogen) atoms. The number of hydrogen-bond donors (Lipinski definition) is 2. The first-order valence-electron chi connectivity index (χ1n) is 5.86. The average Bonchev–Trinajstić information content (AvgIpc) is 2.43. The van der Waals surface area contributed by atoms with E-state index in [1.807, 2.05) is 18.2 Å². The second-order valence-corrected chi connectivity index (χ2v) is 4.10. The summed E-state index contributed by atoms with van der Waals surface area (Å²) in [7, 11) is 1.53. The molecule has 1 rings (SSSR count). The molecule has 0 aliphatic carbocycles. The van der Waals surface area contributed by atoms with Crippen LogP contribution in [-0.4, -0.2) is 37.2 Å². The van der Waals surface area contributed by atoms with Crippen LogP contribution in [-0.2, 0) is 11.2 Å². The number of benzene rings is 1. The van der Waals surface area contributed by atoms with E-state index in [-0.39, 0.29) is 6.42 Å². The molecule has 1 aromatic rings. The number of rotatable bonds is 7. The standard InChI is InChI=1S/C13H17F2NO3/c1-19-11-5-3-2-4-10(11)6-7-12(18)16-8-13(14,15)9-17/h2-5,17H,6-9H2,1H3,(H,16,18). The van der Waals surface area contributed by atoms with E-state index in [0.717, 1.165) is 5.56 Å². The van der Waals surface area contributed by atoms with Crippen LogP contribution in [0.3, 0.4) is 0 Å². The van der Waals surface area contributed by atoms with Crippen LogP contribution in [0.1, 0.15) is 12.0 Å². The normalized spacial score (nSPS) is 11.2. The zero-order valence-corrected chi connectivity index (χ0v) is 10.7. The fraction of sp³-hybridized carbons (Fsp3) is 0.462. The number of aliphatic hydroxyl groups excluding tert-OH is 1. The predicted molar refractivity (Wildman–Crippen MR) is 66.4 cm³/mol. The van der Waals surface area contributed by atoms with Gasteiger partial charge in [-0.15, -0.1) is 0 Å². The molecule has 0 saturated carbocycles. The minimum atomic E-state index is -3.28. The molecule has 0 bridgehead atoms. The number of aliphatic hydroxyl groups is 1. The van der Waals surface area contributed by atoms with E-state index < -0.39 is 25.0 Å². The summed E-state index contributed by atoms with van der Waals surface area (Å²) in [5, 5.41) is 10.5. The number of alkyl halides is 2. The average molecular weight is 273 g/mol. The van der Waals surface area contributed by atoms with Crippen molar-refractivity contribution >= 4 is 5.91 Å². The Morgan fingerprint density at radius 1 is 1.42 bits per heavy atom. The summed E-state index contributed by atoms with van der Waals surface area (Å²) in [6, 6.07) is 7.21.